The third kappa shape index (κ3) is 4.34. The average Bonchev–Trinajstić information content (AvgIpc) is 3.46. The second-order valence-electron chi connectivity index (χ2n) is 8.00. The summed E-state index contributed by atoms with van der Waals surface area (Å²) < 4.78 is 19.5. The summed E-state index contributed by atoms with van der Waals surface area (Å²) in [6, 6.07) is 15.0. The van der Waals surface area contributed by atoms with E-state index in [0.717, 1.165) is 15.8 Å². The Hall–Kier alpha value is -3.85. The van der Waals surface area contributed by atoms with E-state index in [0.29, 0.717) is 16.6 Å². The Kier molecular flexibility index (Phi) is 5.93. The van der Waals surface area contributed by atoms with E-state index in [1.54, 1.807) is 36.5 Å². The maximum Gasteiger partial charge on any atom is 0.234 e. The summed E-state index contributed by atoms with van der Waals surface area (Å²) in [5.41, 5.74) is 2.19. The molecule has 0 N–H and O–H groups in total. The molecule has 3 heterocycles. The third-order valence-electron chi connectivity index (χ3n) is 5.76. The number of pyridine rings is 1. The van der Waals surface area contributed by atoms with E-state index >= 15 is 0 Å². The number of ether oxygens (including phenoxy) is 1. The molecule has 2 aromatic heterocycles. The van der Waals surface area contributed by atoms with Gasteiger partial charge in [-0.2, -0.15) is 0 Å². The van der Waals surface area contributed by atoms with Gasteiger partial charge in [-0.1, -0.05) is 17.4 Å². The lowest BCUT2D eigenvalue weighted by atomic mass is 10.1. The number of hydrogen-bond acceptors (Lipinski definition) is 6. The predicted octanol–water partition coefficient (Wildman–Crippen LogP) is 4.43. The number of nitrogens with zero attached hydrogens (tertiary/aromatic N) is 4. The first-order chi connectivity index (χ1) is 16.5. The lowest BCUT2D eigenvalue weighted by Gasteiger charge is -2.23. The van der Waals surface area contributed by atoms with E-state index in [9.17, 15) is 14.0 Å². The Morgan fingerprint density at radius 1 is 1.24 bits per heavy atom. The van der Waals surface area contributed by atoms with Crippen molar-refractivity contribution in [2.45, 2.75) is 13.0 Å². The quantitative estimate of drug-likeness (QED) is 0.412. The zero-order valence-electron chi connectivity index (χ0n) is 18.3. The molecule has 2 aromatic carbocycles. The summed E-state index contributed by atoms with van der Waals surface area (Å²) in [7, 11) is 1.60. The molecular weight excluding hydrogens is 455 g/mol. The number of halogens is 1. The first kappa shape index (κ1) is 22.0. The van der Waals surface area contributed by atoms with E-state index in [1.165, 1.54) is 28.4 Å². The standard InChI is InChI=1S/C25H21FN4O3S/c1-33-20-8-9-21-22(12-20)34-25(28-21)30(14-16-3-2-10-27-13-16)24(32)17-11-23(31)29(15-17)19-6-4-18(26)5-7-19/h2-10,12-13,17H,11,14-15H2,1H3. The van der Waals surface area contributed by atoms with E-state index in [2.05, 4.69) is 4.98 Å². The van der Waals surface area contributed by atoms with Crippen molar-refractivity contribution < 1.29 is 18.7 Å². The van der Waals surface area contributed by atoms with Gasteiger partial charge in [0.2, 0.25) is 11.8 Å². The van der Waals surface area contributed by atoms with Crippen molar-refractivity contribution in [1.29, 1.82) is 0 Å². The Balaban J connectivity index is 1.46. The first-order valence-corrected chi connectivity index (χ1v) is 11.5. The Morgan fingerprint density at radius 2 is 2.06 bits per heavy atom. The number of carbonyl (C=O) groups excluding carboxylic acids is 2. The summed E-state index contributed by atoms with van der Waals surface area (Å²) in [5, 5.41) is 0.546. The molecule has 1 saturated heterocycles. The van der Waals surface area contributed by atoms with Crippen LogP contribution in [0.1, 0.15) is 12.0 Å². The molecule has 0 spiro atoms. The number of anilines is 2. The van der Waals surface area contributed by atoms with Gasteiger partial charge in [0.05, 0.1) is 29.8 Å². The van der Waals surface area contributed by atoms with Crippen LogP contribution in [0.15, 0.2) is 67.0 Å². The average molecular weight is 477 g/mol. The van der Waals surface area contributed by atoms with Crippen LogP contribution in [0.2, 0.25) is 0 Å². The number of rotatable bonds is 6. The Labute approximate surface area is 199 Å². The minimum absolute atomic E-state index is 0.0818. The van der Waals surface area contributed by atoms with E-state index in [-0.39, 0.29) is 37.1 Å². The summed E-state index contributed by atoms with van der Waals surface area (Å²) in [4.78, 5) is 38.5. The molecule has 0 aliphatic carbocycles. The van der Waals surface area contributed by atoms with Crippen LogP contribution in [0.25, 0.3) is 10.2 Å². The van der Waals surface area contributed by atoms with Crippen LogP contribution < -0.4 is 14.5 Å². The second kappa shape index (κ2) is 9.18. The molecule has 1 fully saturated rings. The van der Waals surface area contributed by atoms with Gasteiger partial charge in [-0.3, -0.25) is 19.5 Å². The van der Waals surface area contributed by atoms with Crippen molar-refractivity contribution in [3.8, 4) is 5.75 Å². The Morgan fingerprint density at radius 3 is 2.79 bits per heavy atom. The van der Waals surface area contributed by atoms with Crippen LogP contribution in [-0.4, -0.2) is 35.4 Å². The number of benzene rings is 2. The van der Waals surface area contributed by atoms with Crippen LogP contribution in [0.5, 0.6) is 5.75 Å². The minimum atomic E-state index is -0.546. The third-order valence-corrected chi connectivity index (χ3v) is 6.80. The van der Waals surface area contributed by atoms with Gasteiger partial charge in [-0.05, 0) is 54.1 Å². The monoisotopic (exact) mass is 476 g/mol. The van der Waals surface area contributed by atoms with Gasteiger partial charge in [0.1, 0.15) is 11.6 Å². The van der Waals surface area contributed by atoms with Crippen LogP contribution in [0, 0.1) is 11.7 Å². The fraction of sp³-hybridized carbons (Fsp3) is 0.200. The van der Waals surface area contributed by atoms with Crippen molar-refractivity contribution in [1.82, 2.24) is 9.97 Å². The largest absolute Gasteiger partial charge is 0.497 e. The Bertz CT molecular complexity index is 1340. The molecular formula is C25H21FN4O3S. The normalized spacial score (nSPS) is 15.6. The summed E-state index contributed by atoms with van der Waals surface area (Å²) >= 11 is 1.39. The van der Waals surface area contributed by atoms with E-state index < -0.39 is 5.92 Å². The summed E-state index contributed by atoms with van der Waals surface area (Å²) in [6.07, 6.45) is 3.47. The number of hydrogen-bond donors (Lipinski definition) is 0. The molecule has 4 aromatic rings. The fourth-order valence-corrected chi connectivity index (χ4v) is 5.01. The number of carbonyl (C=O) groups is 2. The molecule has 1 aliphatic heterocycles. The van der Waals surface area contributed by atoms with Crippen molar-refractivity contribution in [3.05, 3.63) is 78.4 Å². The fourth-order valence-electron chi connectivity index (χ4n) is 4.01. The molecule has 2 amide bonds. The van der Waals surface area contributed by atoms with Gasteiger partial charge < -0.3 is 9.64 Å². The second-order valence-corrected chi connectivity index (χ2v) is 9.01. The molecule has 0 radical (unpaired) electrons. The SMILES string of the molecule is COc1ccc2nc(N(Cc3cccnc3)C(=O)C3CC(=O)N(c4ccc(F)cc4)C3)sc2c1. The lowest BCUT2D eigenvalue weighted by molar-refractivity contribution is -0.124. The predicted molar refractivity (Wildman–Crippen MR) is 128 cm³/mol. The molecule has 172 valence electrons. The zero-order chi connectivity index (χ0) is 23.7. The smallest absolute Gasteiger partial charge is 0.234 e. The van der Waals surface area contributed by atoms with Crippen molar-refractivity contribution >= 4 is 44.2 Å². The van der Waals surface area contributed by atoms with E-state index in [4.69, 9.17) is 9.72 Å². The molecule has 0 saturated carbocycles. The van der Waals surface area contributed by atoms with Gasteiger partial charge in [0, 0.05) is 31.0 Å². The molecule has 5 rings (SSSR count). The molecule has 7 nitrogen and oxygen atoms in total. The van der Waals surface area contributed by atoms with Crippen molar-refractivity contribution in [3.63, 3.8) is 0 Å². The highest BCUT2D eigenvalue weighted by Gasteiger charge is 2.38. The number of fused-ring (bicyclic) bond motifs is 1. The maximum absolute atomic E-state index is 13.7. The molecule has 1 unspecified atom stereocenters. The highest BCUT2D eigenvalue weighted by Crippen LogP contribution is 2.34. The van der Waals surface area contributed by atoms with Gasteiger partial charge in [-0.15, -0.1) is 0 Å². The zero-order valence-corrected chi connectivity index (χ0v) is 19.2. The molecule has 9 heteroatoms. The highest BCUT2D eigenvalue weighted by atomic mass is 32.1. The van der Waals surface area contributed by atoms with Crippen LogP contribution in [0.3, 0.4) is 0 Å². The van der Waals surface area contributed by atoms with Gasteiger partial charge in [0.15, 0.2) is 5.13 Å². The lowest BCUT2D eigenvalue weighted by Crippen LogP contribution is -2.37. The highest BCUT2D eigenvalue weighted by molar-refractivity contribution is 7.22. The molecule has 0 bridgehead atoms. The van der Waals surface area contributed by atoms with Crippen LogP contribution in [0.4, 0.5) is 15.2 Å². The van der Waals surface area contributed by atoms with Gasteiger partial charge >= 0.3 is 0 Å². The van der Waals surface area contributed by atoms with Gasteiger partial charge in [-0.25, -0.2) is 9.37 Å². The summed E-state index contributed by atoms with van der Waals surface area (Å²) in [6.45, 7) is 0.510. The molecule has 1 aliphatic rings. The number of amides is 2. The molecule has 34 heavy (non-hydrogen) atoms. The first-order valence-electron chi connectivity index (χ1n) is 10.7. The maximum atomic E-state index is 13.7. The van der Waals surface area contributed by atoms with Crippen LogP contribution >= 0.6 is 11.3 Å². The molecule has 1 atom stereocenters. The van der Waals surface area contributed by atoms with Crippen molar-refractivity contribution in [2.75, 3.05) is 23.5 Å². The van der Waals surface area contributed by atoms with Crippen LogP contribution in [-0.2, 0) is 16.1 Å². The number of thiazole rings is 1. The minimum Gasteiger partial charge on any atom is -0.497 e. The van der Waals surface area contributed by atoms with Gasteiger partial charge in [0.25, 0.3) is 0 Å². The number of methoxy groups -OCH3 is 1. The van der Waals surface area contributed by atoms with Crippen molar-refractivity contribution in [2.24, 2.45) is 5.92 Å². The summed E-state index contributed by atoms with van der Waals surface area (Å²) in [5.74, 6) is -0.564. The van der Waals surface area contributed by atoms with E-state index in [1.807, 2.05) is 30.3 Å². The number of aromatic nitrogens is 2. The topological polar surface area (TPSA) is 75.6 Å².